The number of rotatable bonds is 0. The molecule has 0 amide bonds. The summed E-state index contributed by atoms with van der Waals surface area (Å²) in [5, 5.41) is 18.3. The number of nitriles is 1. The van der Waals surface area contributed by atoms with Crippen molar-refractivity contribution in [3.63, 3.8) is 0 Å². The normalized spacial score (nSPS) is 25.1. The second kappa shape index (κ2) is 2.86. The van der Waals surface area contributed by atoms with Crippen molar-refractivity contribution in [2.24, 2.45) is 4.99 Å². The smallest absolute Gasteiger partial charge is 0.123 e. The zero-order valence-electron chi connectivity index (χ0n) is 6.53. The number of aliphatic imine (C=N–C) groups is 1. The summed E-state index contributed by atoms with van der Waals surface area (Å²) in [6.45, 7) is 0. The number of fused-ring (bicyclic) bond motifs is 1. The van der Waals surface area contributed by atoms with Crippen LogP contribution in [0.3, 0.4) is 0 Å². The Hall–Kier alpha value is -1.34. The number of hydrogen-bond donors (Lipinski definition) is 1. The third-order valence-corrected chi connectivity index (χ3v) is 2.43. The van der Waals surface area contributed by atoms with E-state index in [0.29, 0.717) is 11.1 Å². The summed E-state index contributed by atoms with van der Waals surface area (Å²) in [7, 11) is 0. The van der Waals surface area contributed by atoms with Crippen molar-refractivity contribution in [3.05, 3.63) is 33.5 Å². The van der Waals surface area contributed by atoms with Crippen LogP contribution in [0.15, 0.2) is 38.5 Å². The zero-order chi connectivity index (χ0) is 9.42. The van der Waals surface area contributed by atoms with Crippen LogP contribution >= 0.6 is 15.9 Å². The first-order valence-corrected chi connectivity index (χ1v) is 4.47. The van der Waals surface area contributed by atoms with Gasteiger partial charge in [0.15, 0.2) is 0 Å². The van der Waals surface area contributed by atoms with Crippen LogP contribution in [0.25, 0.3) is 0 Å². The van der Waals surface area contributed by atoms with E-state index in [1.165, 1.54) is 6.21 Å². The highest BCUT2D eigenvalue weighted by Gasteiger charge is 2.26. The van der Waals surface area contributed by atoms with Gasteiger partial charge in [-0.3, -0.25) is 4.99 Å². The van der Waals surface area contributed by atoms with Gasteiger partial charge in [-0.25, -0.2) is 0 Å². The molecule has 0 fully saturated rings. The summed E-state index contributed by atoms with van der Waals surface area (Å²) >= 11 is 3.25. The van der Waals surface area contributed by atoms with Crippen molar-refractivity contribution in [1.82, 2.24) is 0 Å². The lowest BCUT2D eigenvalue weighted by molar-refractivity contribution is 0.417. The van der Waals surface area contributed by atoms with Crippen LogP contribution < -0.4 is 0 Å². The summed E-state index contributed by atoms with van der Waals surface area (Å²) in [6, 6.07) is 1.79. The molecule has 0 aromatic carbocycles. The lowest BCUT2D eigenvalue weighted by atomic mass is 9.99. The first-order chi connectivity index (χ1) is 6.22. The maximum Gasteiger partial charge on any atom is 0.123 e. The van der Waals surface area contributed by atoms with Gasteiger partial charge in [-0.2, -0.15) is 5.26 Å². The van der Waals surface area contributed by atoms with Crippen molar-refractivity contribution in [2.45, 2.75) is 6.04 Å². The number of hydrogen-bond acceptors (Lipinski definition) is 3. The van der Waals surface area contributed by atoms with Gasteiger partial charge in [-0.05, 0) is 12.2 Å². The molecule has 0 bridgehead atoms. The summed E-state index contributed by atoms with van der Waals surface area (Å²) < 4.78 is 0.787. The number of aliphatic hydroxyl groups excluding tert-OH is 1. The van der Waals surface area contributed by atoms with Crippen LogP contribution in [0.5, 0.6) is 0 Å². The third kappa shape index (κ3) is 1.21. The van der Waals surface area contributed by atoms with E-state index in [4.69, 9.17) is 5.26 Å². The van der Waals surface area contributed by atoms with Crippen LogP contribution in [0.1, 0.15) is 0 Å². The van der Waals surface area contributed by atoms with Gasteiger partial charge < -0.3 is 5.11 Å². The van der Waals surface area contributed by atoms with Gasteiger partial charge in [-0.1, -0.05) is 15.9 Å². The maximum atomic E-state index is 9.55. The molecule has 64 valence electrons. The minimum atomic E-state index is -0.200. The van der Waals surface area contributed by atoms with Crippen LogP contribution in [0, 0.1) is 11.3 Å². The Bertz CT molecular complexity index is 423. The highest BCUT2D eigenvalue weighted by atomic mass is 79.9. The average molecular weight is 237 g/mol. The standard InChI is InChI=1S/C9H5BrN2O/c10-6-1-7-9(8(13)2-6)5(3-11)4-12-7/h1-2,4,7,13H. The van der Waals surface area contributed by atoms with E-state index >= 15 is 0 Å². The van der Waals surface area contributed by atoms with Crippen LogP contribution in [0.4, 0.5) is 0 Å². The van der Waals surface area contributed by atoms with Gasteiger partial charge in [0.25, 0.3) is 0 Å². The van der Waals surface area contributed by atoms with E-state index in [0.717, 1.165) is 4.48 Å². The molecule has 0 saturated heterocycles. The first kappa shape index (κ1) is 8.27. The molecule has 2 rings (SSSR count). The zero-order valence-corrected chi connectivity index (χ0v) is 8.12. The van der Waals surface area contributed by atoms with E-state index in [1.54, 1.807) is 6.08 Å². The molecule has 0 spiro atoms. The molecule has 3 nitrogen and oxygen atoms in total. The predicted octanol–water partition coefficient (Wildman–Crippen LogP) is 1.99. The number of aliphatic hydroxyl groups is 1. The molecule has 1 unspecified atom stereocenters. The lowest BCUT2D eigenvalue weighted by Crippen LogP contribution is -2.09. The molecule has 1 heterocycles. The fraction of sp³-hybridized carbons (Fsp3) is 0.111. The van der Waals surface area contributed by atoms with Crippen molar-refractivity contribution in [1.29, 1.82) is 5.26 Å². The van der Waals surface area contributed by atoms with Crippen molar-refractivity contribution in [3.8, 4) is 6.07 Å². The fourth-order valence-corrected chi connectivity index (χ4v) is 1.84. The third-order valence-electron chi connectivity index (χ3n) is 1.94. The first-order valence-electron chi connectivity index (χ1n) is 3.68. The molecule has 4 heteroatoms. The molecule has 0 radical (unpaired) electrons. The summed E-state index contributed by atoms with van der Waals surface area (Å²) in [5.74, 6) is 0.119. The van der Waals surface area contributed by atoms with Crippen molar-refractivity contribution in [2.75, 3.05) is 0 Å². The number of halogens is 1. The van der Waals surface area contributed by atoms with E-state index in [-0.39, 0.29) is 11.8 Å². The molecular weight excluding hydrogens is 232 g/mol. The van der Waals surface area contributed by atoms with Crippen LogP contribution in [-0.2, 0) is 0 Å². The molecule has 1 atom stereocenters. The molecule has 0 saturated carbocycles. The van der Waals surface area contributed by atoms with E-state index in [1.807, 2.05) is 12.1 Å². The highest BCUT2D eigenvalue weighted by molar-refractivity contribution is 9.11. The maximum absolute atomic E-state index is 9.55. The minimum Gasteiger partial charge on any atom is -0.507 e. The van der Waals surface area contributed by atoms with Crippen LogP contribution in [0.2, 0.25) is 0 Å². The molecule has 1 N–H and O–H groups in total. The Morgan fingerprint density at radius 2 is 2.38 bits per heavy atom. The lowest BCUT2D eigenvalue weighted by Gasteiger charge is -2.13. The Kier molecular flexibility index (Phi) is 1.82. The predicted molar refractivity (Wildman–Crippen MR) is 52.6 cm³/mol. The summed E-state index contributed by atoms with van der Waals surface area (Å²) in [4.78, 5) is 4.08. The van der Waals surface area contributed by atoms with Gasteiger partial charge in [0, 0.05) is 16.3 Å². The van der Waals surface area contributed by atoms with E-state index < -0.39 is 0 Å². The molecule has 2 aliphatic rings. The Morgan fingerprint density at radius 3 is 3.08 bits per heavy atom. The SMILES string of the molecule is N#CC1=C2C(O)=CC(Br)=CC2N=C1. The molecule has 1 aliphatic carbocycles. The Labute approximate surface area is 83.5 Å². The Balaban J connectivity index is 2.55. The largest absolute Gasteiger partial charge is 0.507 e. The van der Waals surface area contributed by atoms with Gasteiger partial charge in [0.1, 0.15) is 11.8 Å². The molecule has 0 aromatic rings. The van der Waals surface area contributed by atoms with E-state index in [9.17, 15) is 5.11 Å². The molecular formula is C9H5BrN2O. The molecule has 13 heavy (non-hydrogen) atoms. The van der Waals surface area contributed by atoms with Crippen molar-refractivity contribution < 1.29 is 5.11 Å². The summed E-state index contributed by atoms with van der Waals surface area (Å²) in [6.07, 6.45) is 4.90. The van der Waals surface area contributed by atoms with E-state index in [2.05, 4.69) is 20.9 Å². The van der Waals surface area contributed by atoms with Gasteiger partial charge in [0.05, 0.1) is 11.6 Å². The van der Waals surface area contributed by atoms with Gasteiger partial charge in [-0.15, -0.1) is 0 Å². The van der Waals surface area contributed by atoms with Crippen LogP contribution in [-0.4, -0.2) is 17.4 Å². The number of nitrogens with zero attached hydrogens (tertiary/aromatic N) is 2. The minimum absolute atomic E-state index is 0.119. The summed E-state index contributed by atoms with van der Waals surface area (Å²) in [5.41, 5.74) is 1.04. The molecule has 0 aromatic heterocycles. The average Bonchev–Trinajstić information content (AvgIpc) is 2.47. The van der Waals surface area contributed by atoms with Gasteiger partial charge >= 0.3 is 0 Å². The fourth-order valence-electron chi connectivity index (χ4n) is 1.37. The topological polar surface area (TPSA) is 56.4 Å². The quantitative estimate of drug-likeness (QED) is 0.700. The second-order valence-electron chi connectivity index (χ2n) is 2.74. The van der Waals surface area contributed by atoms with Gasteiger partial charge in [0.2, 0.25) is 0 Å². The monoisotopic (exact) mass is 236 g/mol. The number of allylic oxidation sites excluding steroid dienone is 3. The second-order valence-corrected chi connectivity index (χ2v) is 3.66. The molecule has 1 aliphatic heterocycles. The Morgan fingerprint density at radius 1 is 1.62 bits per heavy atom. The highest BCUT2D eigenvalue weighted by Crippen LogP contribution is 2.31. The van der Waals surface area contributed by atoms with Crippen molar-refractivity contribution >= 4 is 22.1 Å².